The molecule has 130 valence electrons. The minimum atomic E-state index is -3.43. The van der Waals surface area contributed by atoms with Gasteiger partial charge in [-0.05, 0) is 43.8 Å². The zero-order valence-corrected chi connectivity index (χ0v) is 15.6. The van der Waals surface area contributed by atoms with E-state index in [2.05, 4.69) is 39.4 Å². The fourth-order valence-electron chi connectivity index (χ4n) is 2.10. The van der Waals surface area contributed by atoms with Crippen molar-refractivity contribution >= 4 is 27.3 Å². The van der Waals surface area contributed by atoms with Crippen LogP contribution in [0, 0.1) is 6.92 Å². The summed E-state index contributed by atoms with van der Waals surface area (Å²) in [4.78, 5) is 6.94. The first kappa shape index (κ1) is 18.4. The highest BCUT2D eigenvalue weighted by Crippen LogP contribution is 2.14. The SMILES string of the molecule is CN=C(NCc1cccc(S(=O)(=O)NC)c1)NCc1ccc(C)s1. The van der Waals surface area contributed by atoms with E-state index in [0.29, 0.717) is 19.0 Å². The smallest absolute Gasteiger partial charge is 0.240 e. The maximum atomic E-state index is 11.8. The molecular formula is C16H22N4O2S2. The van der Waals surface area contributed by atoms with Gasteiger partial charge in [0.25, 0.3) is 0 Å². The Balaban J connectivity index is 1.95. The summed E-state index contributed by atoms with van der Waals surface area (Å²) in [5.41, 5.74) is 0.862. The van der Waals surface area contributed by atoms with Gasteiger partial charge in [0.2, 0.25) is 10.0 Å². The number of guanidine groups is 1. The van der Waals surface area contributed by atoms with Crippen LogP contribution in [0.5, 0.6) is 0 Å². The number of aliphatic imine (C=N–C) groups is 1. The van der Waals surface area contributed by atoms with Gasteiger partial charge < -0.3 is 10.6 Å². The van der Waals surface area contributed by atoms with Crippen molar-refractivity contribution in [1.29, 1.82) is 0 Å². The standard InChI is InChI=1S/C16H22N4O2S2/c1-12-7-8-14(23-12)11-20-16(17-2)19-10-13-5-4-6-15(9-13)24(21,22)18-3/h4-9,18H,10-11H2,1-3H3,(H2,17,19,20). The van der Waals surface area contributed by atoms with Gasteiger partial charge in [0, 0.05) is 23.3 Å². The first-order valence-electron chi connectivity index (χ1n) is 7.47. The molecule has 24 heavy (non-hydrogen) atoms. The molecule has 0 aliphatic heterocycles. The third-order valence-corrected chi connectivity index (χ3v) is 5.80. The minimum Gasteiger partial charge on any atom is -0.352 e. The predicted octanol–water partition coefficient (Wildman–Crippen LogP) is 1.83. The second kappa shape index (κ2) is 8.27. The molecule has 0 spiro atoms. The van der Waals surface area contributed by atoms with Crippen molar-refractivity contribution in [3.05, 3.63) is 51.7 Å². The van der Waals surface area contributed by atoms with Crippen LogP contribution in [0.4, 0.5) is 0 Å². The first-order chi connectivity index (χ1) is 11.4. The van der Waals surface area contributed by atoms with E-state index in [-0.39, 0.29) is 4.90 Å². The highest BCUT2D eigenvalue weighted by atomic mass is 32.2. The average molecular weight is 367 g/mol. The van der Waals surface area contributed by atoms with Crippen LogP contribution >= 0.6 is 11.3 Å². The Bertz CT molecular complexity index is 813. The number of nitrogens with one attached hydrogen (secondary N) is 3. The number of hydrogen-bond acceptors (Lipinski definition) is 4. The Morgan fingerprint density at radius 2 is 1.92 bits per heavy atom. The van der Waals surface area contributed by atoms with Crippen molar-refractivity contribution in [3.8, 4) is 0 Å². The van der Waals surface area contributed by atoms with E-state index in [9.17, 15) is 8.42 Å². The van der Waals surface area contributed by atoms with E-state index < -0.39 is 10.0 Å². The number of benzene rings is 1. The van der Waals surface area contributed by atoms with Crippen LogP contribution in [-0.2, 0) is 23.1 Å². The molecular weight excluding hydrogens is 344 g/mol. The lowest BCUT2D eigenvalue weighted by molar-refractivity contribution is 0.588. The van der Waals surface area contributed by atoms with Crippen molar-refractivity contribution in [2.45, 2.75) is 24.9 Å². The fourth-order valence-corrected chi connectivity index (χ4v) is 3.73. The molecule has 0 aliphatic carbocycles. The molecule has 0 fully saturated rings. The van der Waals surface area contributed by atoms with Crippen LogP contribution < -0.4 is 15.4 Å². The Hall–Kier alpha value is -1.90. The lowest BCUT2D eigenvalue weighted by Gasteiger charge is -2.12. The second-order valence-electron chi connectivity index (χ2n) is 5.15. The molecule has 0 saturated heterocycles. The quantitative estimate of drug-likeness (QED) is 0.538. The summed E-state index contributed by atoms with van der Waals surface area (Å²) in [6.07, 6.45) is 0. The highest BCUT2D eigenvalue weighted by Gasteiger charge is 2.11. The maximum absolute atomic E-state index is 11.8. The first-order valence-corrected chi connectivity index (χ1v) is 9.77. The van der Waals surface area contributed by atoms with E-state index in [1.54, 1.807) is 36.6 Å². The van der Waals surface area contributed by atoms with E-state index in [0.717, 1.165) is 5.56 Å². The Morgan fingerprint density at radius 1 is 1.17 bits per heavy atom. The summed E-state index contributed by atoms with van der Waals surface area (Å²) in [5.74, 6) is 0.669. The minimum absolute atomic E-state index is 0.251. The summed E-state index contributed by atoms with van der Waals surface area (Å²) in [6, 6.07) is 11.0. The van der Waals surface area contributed by atoms with Crippen molar-refractivity contribution in [1.82, 2.24) is 15.4 Å². The van der Waals surface area contributed by atoms with Crippen LogP contribution in [-0.4, -0.2) is 28.5 Å². The number of rotatable bonds is 6. The third kappa shape index (κ3) is 5.05. The van der Waals surface area contributed by atoms with Gasteiger partial charge in [-0.2, -0.15) is 0 Å². The van der Waals surface area contributed by atoms with Gasteiger partial charge >= 0.3 is 0 Å². The van der Waals surface area contributed by atoms with Gasteiger partial charge in [-0.1, -0.05) is 12.1 Å². The third-order valence-electron chi connectivity index (χ3n) is 3.39. The lowest BCUT2D eigenvalue weighted by atomic mass is 10.2. The number of hydrogen-bond donors (Lipinski definition) is 3. The van der Waals surface area contributed by atoms with Crippen molar-refractivity contribution < 1.29 is 8.42 Å². The van der Waals surface area contributed by atoms with Gasteiger partial charge in [0.15, 0.2) is 5.96 Å². The zero-order chi connectivity index (χ0) is 17.6. The second-order valence-corrected chi connectivity index (χ2v) is 8.41. The number of thiophene rings is 1. The number of aryl methyl sites for hydroxylation is 1. The molecule has 0 aliphatic rings. The monoisotopic (exact) mass is 366 g/mol. The van der Waals surface area contributed by atoms with Crippen molar-refractivity contribution in [3.63, 3.8) is 0 Å². The maximum Gasteiger partial charge on any atom is 0.240 e. The van der Waals surface area contributed by atoms with E-state index in [1.807, 2.05) is 6.07 Å². The van der Waals surface area contributed by atoms with Crippen LogP contribution in [0.25, 0.3) is 0 Å². The topological polar surface area (TPSA) is 82.6 Å². The number of sulfonamides is 1. The lowest BCUT2D eigenvalue weighted by Crippen LogP contribution is -2.36. The molecule has 1 heterocycles. The fraction of sp³-hybridized carbons (Fsp3) is 0.312. The molecule has 1 aromatic heterocycles. The van der Waals surface area contributed by atoms with Crippen LogP contribution in [0.15, 0.2) is 46.3 Å². The van der Waals surface area contributed by atoms with E-state index >= 15 is 0 Å². The summed E-state index contributed by atoms with van der Waals surface area (Å²) in [5, 5.41) is 6.43. The molecule has 1 aromatic carbocycles. The molecule has 0 bridgehead atoms. The Kier molecular flexibility index (Phi) is 6.36. The van der Waals surface area contributed by atoms with Crippen LogP contribution in [0.3, 0.4) is 0 Å². The van der Waals surface area contributed by atoms with Crippen molar-refractivity contribution in [2.75, 3.05) is 14.1 Å². The van der Waals surface area contributed by atoms with Gasteiger partial charge in [-0.15, -0.1) is 11.3 Å². The van der Waals surface area contributed by atoms with Crippen LogP contribution in [0.1, 0.15) is 15.3 Å². The van der Waals surface area contributed by atoms with Gasteiger partial charge in [-0.3, -0.25) is 4.99 Å². The van der Waals surface area contributed by atoms with E-state index in [1.165, 1.54) is 16.8 Å². The molecule has 0 radical (unpaired) electrons. The molecule has 0 unspecified atom stereocenters. The highest BCUT2D eigenvalue weighted by molar-refractivity contribution is 7.89. The average Bonchev–Trinajstić information content (AvgIpc) is 3.00. The Labute approximate surface area is 147 Å². The molecule has 0 atom stereocenters. The summed E-state index contributed by atoms with van der Waals surface area (Å²) >= 11 is 1.74. The number of nitrogens with zero attached hydrogens (tertiary/aromatic N) is 1. The molecule has 0 amide bonds. The zero-order valence-electron chi connectivity index (χ0n) is 14.0. The van der Waals surface area contributed by atoms with E-state index in [4.69, 9.17) is 0 Å². The normalized spacial score (nSPS) is 12.2. The summed E-state index contributed by atoms with van der Waals surface area (Å²) in [7, 11) is -0.325. The van der Waals surface area contributed by atoms with Crippen LogP contribution in [0.2, 0.25) is 0 Å². The molecule has 8 heteroatoms. The van der Waals surface area contributed by atoms with Gasteiger partial charge in [0.05, 0.1) is 11.4 Å². The molecule has 2 aromatic rings. The molecule has 6 nitrogen and oxygen atoms in total. The van der Waals surface area contributed by atoms with Gasteiger partial charge in [-0.25, -0.2) is 13.1 Å². The molecule has 0 saturated carbocycles. The Morgan fingerprint density at radius 3 is 2.54 bits per heavy atom. The van der Waals surface area contributed by atoms with Crippen molar-refractivity contribution in [2.24, 2.45) is 4.99 Å². The molecule has 3 N–H and O–H groups in total. The molecule has 2 rings (SSSR count). The largest absolute Gasteiger partial charge is 0.352 e. The van der Waals surface area contributed by atoms with Gasteiger partial charge in [0.1, 0.15) is 0 Å². The predicted molar refractivity (Wildman–Crippen MR) is 98.8 cm³/mol. The summed E-state index contributed by atoms with van der Waals surface area (Å²) in [6.45, 7) is 3.26. The summed E-state index contributed by atoms with van der Waals surface area (Å²) < 4.78 is 26.0.